The van der Waals surface area contributed by atoms with Crippen LogP contribution in [-0.2, 0) is 4.74 Å². The summed E-state index contributed by atoms with van der Waals surface area (Å²) in [5.41, 5.74) is 1.11. The molecule has 1 saturated heterocycles. The van der Waals surface area contributed by atoms with Gasteiger partial charge in [0.15, 0.2) is 0 Å². The number of hydrogen-bond acceptors (Lipinski definition) is 3. The molecule has 5 nitrogen and oxygen atoms in total. The van der Waals surface area contributed by atoms with Crippen LogP contribution in [0.5, 0.6) is 0 Å². The van der Waals surface area contributed by atoms with E-state index >= 15 is 0 Å². The van der Waals surface area contributed by atoms with Crippen LogP contribution in [0.1, 0.15) is 47.4 Å². The van der Waals surface area contributed by atoms with Crippen LogP contribution < -0.4 is 10.6 Å². The van der Waals surface area contributed by atoms with E-state index in [1.54, 1.807) is 24.3 Å². The van der Waals surface area contributed by atoms with E-state index in [2.05, 4.69) is 10.6 Å². The molecule has 0 aliphatic carbocycles. The molecule has 21 heavy (non-hydrogen) atoms. The molecular weight excluding hydrogens is 268 g/mol. The highest BCUT2D eigenvalue weighted by atomic mass is 16.5. The van der Waals surface area contributed by atoms with Gasteiger partial charge in [0.25, 0.3) is 11.8 Å². The molecule has 2 amide bonds. The molecule has 0 aromatic heterocycles. The fraction of sp³-hybridized carbons (Fsp3) is 0.500. The molecule has 0 radical (unpaired) electrons. The highest BCUT2D eigenvalue weighted by Gasteiger charge is 2.16. The van der Waals surface area contributed by atoms with Gasteiger partial charge in [0.05, 0.1) is 6.10 Å². The summed E-state index contributed by atoms with van der Waals surface area (Å²) in [6, 6.07) is 6.75. The summed E-state index contributed by atoms with van der Waals surface area (Å²) < 4.78 is 5.46. The Morgan fingerprint density at radius 3 is 2.33 bits per heavy atom. The highest BCUT2D eigenvalue weighted by Crippen LogP contribution is 2.11. The minimum atomic E-state index is -0.138. The van der Waals surface area contributed by atoms with Gasteiger partial charge in [-0.15, -0.1) is 0 Å². The van der Waals surface area contributed by atoms with Gasteiger partial charge in [0.1, 0.15) is 0 Å². The van der Waals surface area contributed by atoms with Gasteiger partial charge < -0.3 is 15.4 Å². The standard InChI is InChI=1S/C16H22N2O3/c1-11(2)18-16(20)13-7-5-12(6-8-13)15(19)17-10-14-4-3-9-21-14/h5-8,11,14H,3-4,9-10H2,1-2H3,(H,17,19)(H,18,20). The molecule has 5 heteroatoms. The van der Waals surface area contributed by atoms with E-state index in [1.807, 2.05) is 13.8 Å². The normalized spacial score (nSPS) is 17.8. The molecule has 1 aromatic rings. The first kappa shape index (κ1) is 15.5. The van der Waals surface area contributed by atoms with E-state index in [-0.39, 0.29) is 24.0 Å². The number of rotatable bonds is 5. The third-order valence-corrected chi connectivity index (χ3v) is 3.34. The lowest BCUT2D eigenvalue weighted by molar-refractivity contribution is 0.0857. The molecule has 0 saturated carbocycles. The largest absolute Gasteiger partial charge is 0.376 e. The molecule has 1 fully saturated rings. The summed E-state index contributed by atoms with van der Waals surface area (Å²) in [5.74, 6) is -0.266. The summed E-state index contributed by atoms with van der Waals surface area (Å²) in [7, 11) is 0. The highest BCUT2D eigenvalue weighted by molar-refractivity contribution is 5.97. The van der Waals surface area contributed by atoms with Crippen molar-refractivity contribution >= 4 is 11.8 Å². The van der Waals surface area contributed by atoms with Gasteiger partial charge in [0, 0.05) is 30.3 Å². The average Bonchev–Trinajstić information content (AvgIpc) is 2.97. The first-order chi connectivity index (χ1) is 10.1. The number of carbonyl (C=O) groups excluding carboxylic acids is 2. The van der Waals surface area contributed by atoms with E-state index < -0.39 is 0 Å². The average molecular weight is 290 g/mol. The molecule has 0 spiro atoms. The Morgan fingerprint density at radius 2 is 1.81 bits per heavy atom. The summed E-state index contributed by atoms with van der Waals surface area (Å²) in [5, 5.41) is 5.67. The van der Waals surface area contributed by atoms with Crippen molar-refractivity contribution in [2.24, 2.45) is 0 Å². The second kappa shape index (κ2) is 7.22. The van der Waals surface area contributed by atoms with Gasteiger partial charge in [-0.3, -0.25) is 9.59 Å². The number of nitrogens with one attached hydrogen (secondary N) is 2. The van der Waals surface area contributed by atoms with Crippen molar-refractivity contribution in [3.05, 3.63) is 35.4 Å². The maximum Gasteiger partial charge on any atom is 0.251 e. The topological polar surface area (TPSA) is 67.4 Å². The fourth-order valence-electron chi connectivity index (χ4n) is 2.23. The molecule has 1 aliphatic rings. The predicted molar refractivity (Wildman–Crippen MR) is 80.4 cm³/mol. The predicted octanol–water partition coefficient (Wildman–Crippen LogP) is 1.73. The summed E-state index contributed by atoms with van der Waals surface area (Å²) >= 11 is 0. The number of amides is 2. The first-order valence-electron chi connectivity index (χ1n) is 7.37. The van der Waals surface area contributed by atoms with Crippen molar-refractivity contribution in [3.8, 4) is 0 Å². The van der Waals surface area contributed by atoms with Gasteiger partial charge in [-0.05, 0) is 51.0 Å². The van der Waals surface area contributed by atoms with Crippen molar-refractivity contribution in [1.29, 1.82) is 0 Å². The van der Waals surface area contributed by atoms with E-state index in [0.717, 1.165) is 19.4 Å². The summed E-state index contributed by atoms with van der Waals surface area (Å²) in [6.07, 6.45) is 2.18. The smallest absolute Gasteiger partial charge is 0.251 e. The van der Waals surface area contributed by atoms with Crippen LogP contribution in [0.15, 0.2) is 24.3 Å². The Hall–Kier alpha value is -1.88. The van der Waals surface area contributed by atoms with Crippen LogP contribution in [0.4, 0.5) is 0 Å². The van der Waals surface area contributed by atoms with Crippen molar-refractivity contribution < 1.29 is 14.3 Å². The van der Waals surface area contributed by atoms with E-state index in [1.165, 1.54) is 0 Å². The Labute approximate surface area is 125 Å². The van der Waals surface area contributed by atoms with Gasteiger partial charge in [0.2, 0.25) is 0 Å². The van der Waals surface area contributed by atoms with Crippen LogP contribution in [0.25, 0.3) is 0 Å². The zero-order valence-electron chi connectivity index (χ0n) is 12.5. The van der Waals surface area contributed by atoms with Crippen molar-refractivity contribution in [3.63, 3.8) is 0 Å². The molecular formula is C16H22N2O3. The van der Waals surface area contributed by atoms with Gasteiger partial charge in [-0.1, -0.05) is 0 Å². The van der Waals surface area contributed by atoms with E-state index in [0.29, 0.717) is 17.7 Å². The molecule has 2 rings (SSSR count). The van der Waals surface area contributed by atoms with Crippen LogP contribution in [0, 0.1) is 0 Å². The molecule has 114 valence electrons. The lowest BCUT2D eigenvalue weighted by Gasteiger charge is -2.11. The molecule has 0 bridgehead atoms. The maximum absolute atomic E-state index is 12.0. The molecule has 1 unspecified atom stereocenters. The van der Waals surface area contributed by atoms with Crippen LogP contribution >= 0.6 is 0 Å². The molecule has 1 aromatic carbocycles. The third kappa shape index (κ3) is 4.56. The maximum atomic E-state index is 12.0. The number of benzene rings is 1. The second-order valence-corrected chi connectivity index (χ2v) is 5.55. The van der Waals surface area contributed by atoms with Crippen LogP contribution in [-0.4, -0.2) is 37.1 Å². The summed E-state index contributed by atoms with van der Waals surface area (Å²) in [6.45, 7) is 5.13. The summed E-state index contributed by atoms with van der Waals surface area (Å²) in [4.78, 5) is 23.8. The van der Waals surface area contributed by atoms with Crippen molar-refractivity contribution in [1.82, 2.24) is 10.6 Å². The van der Waals surface area contributed by atoms with E-state index in [9.17, 15) is 9.59 Å². The third-order valence-electron chi connectivity index (χ3n) is 3.34. The lowest BCUT2D eigenvalue weighted by Crippen LogP contribution is -2.32. The number of carbonyl (C=O) groups is 2. The minimum Gasteiger partial charge on any atom is -0.376 e. The van der Waals surface area contributed by atoms with E-state index in [4.69, 9.17) is 4.74 Å². The van der Waals surface area contributed by atoms with Crippen LogP contribution in [0.2, 0.25) is 0 Å². The van der Waals surface area contributed by atoms with Gasteiger partial charge in [-0.25, -0.2) is 0 Å². The molecule has 2 N–H and O–H groups in total. The number of hydrogen-bond donors (Lipinski definition) is 2. The first-order valence-corrected chi connectivity index (χ1v) is 7.37. The number of ether oxygens (including phenoxy) is 1. The Kier molecular flexibility index (Phi) is 5.33. The minimum absolute atomic E-state index is 0.0897. The molecule has 1 heterocycles. The zero-order chi connectivity index (χ0) is 15.2. The quantitative estimate of drug-likeness (QED) is 0.868. The van der Waals surface area contributed by atoms with Crippen molar-refractivity contribution in [2.75, 3.05) is 13.2 Å². The molecule has 1 aliphatic heterocycles. The Balaban J connectivity index is 1.88. The Morgan fingerprint density at radius 1 is 1.19 bits per heavy atom. The fourth-order valence-corrected chi connectivity index (χ4v) is 2.23. The molecule has 1 atom stereocenters. The zero-order valence-corrected chi connectivity index (χ0v) is 12.5. The SMILES string of the molecule is CC(C)NC(=O)c1ccc(C(=O)NCC2CCCO2)cc1. The van der Waals surface area contributed by atoms with Gasteiger partial charge >= 0.3 is 0 Å². The second-order valence-electron chi connectivity index (χ2n) is 5.55. The lowest BCUT2D eigenvalue weighted by atomic mass is 10.1. The van der Waals surface area contributed by atoms with Crippen molar-refractivity contribution in [2.45, 2.75) is 38.8 Å². The monoisotopic (exact) mass is 290 g/mol. The Bertz CT molecular complexity index is 491. The van der Waals surface area contributed by atoms with Gasteiger partial charge in [-0.2, -0.15) is 0 Å². The van der Waals surface area contributed by atoms with Crippen LogP contribution in [0.3, 0.4) is 0 Å².